The number of aliphatic carboxylic acids is 1. The van der Waals surface area contributed by atoms with Crippen LogP contribution in [0.5, 0.6) is 0 Å². The Morgan fingerprint density at radius 1 is 0.971 bits per heavy atom. The summed E-state index contributed by atoms with van der Waals surface area (Å²) < 4.78 is 5.60. The molecule has 0 aromatic heterocycles. The Bertz CT molecular complexity index is 999. The van der Waals surface area contributed by atoms with E-state index >= 15 is 0 Å². The van der Waals surface area contributed by atoms with Crippen LogP contribution in [0.3, 0.4) is 0 Å². The fraction of sp³-hybridized carbons (Fsp3) is 0.444. The first-order chi connectivity index (χ1) is 16.5. The Hall–Kier alpha value is -3.35. The maximum Gasteiger partial charge on any atom is 0.407 e. The fourth-order valence-electron chi connectivity index (χ4n) is 5.13. The van der Waals surface area contributed by atoms with Crippen molar-refractivity contribution in [2.24, 2.45) is 11.8 Å². The minimum absolute atomic E-state index is 0.0323. The molecule has 0 saturated heterocycles. The van der Waals surface area contributed by atoms with Crippen LogP contribution >= 0.6 is 0 Å². The van der Waals surface area contributed by atoms with Crippen LogP contribution in [-0.2, 0) is 14.3 Å². The van der Waals surface area contributed by atoms with E-state index in [1.807, 2.05) is 24.3 Å². The highest BCUT2D eigenvalue weighted by molar-refractivity contribution is 5.85. The van der Waals surface area contributed by atoms with E-state index in [1.54, 1.807) is 6.92 Å². The zero-order chi connectivity index (χ0) is 24.1. The molecule has 0 radical (unpaired) electrons. The van der Waals surface area contributed by atoms with E-state index in [0.717, 1.165) is 12.8 Å². The summed E-state index contributed by atoms with van der Waals surface area (Å²) in [7, 11) is 0. The lowest BCUT2D eigenvalue weighted by Crippen LogP contribution is -2.44. The van der Waals surface area contributed by atoms with E-state index in [2.05, 4.69) is 34.9 Å². The summed E-state index contributed by atoms with van der Waals surface area (Å²) in [6.07, 6.45) is 2.95. The van der Waals surface area contributed by atoms with Crippen LogP contribution in [0.2, 0.25) is 0 Å². The van der Waals surface area contributed by atoms with Gasteiger partial charge in [-0.2, -0.15) is 0 Å². The average Bonchev–Trinajstić information content (AvgIpc) is 3.18. The van der Waals surface area contributed by atoms with Gasteiger partial charge in [-0.3, -0.25) is 4.79 Å². The first-order valence-corrected chi connectivity index (χ1v) is 12.1. The third-order valence-corrected chi connectivity index (χ3v) is 7.12. The van der Waals surface area contributed by atoms with Crippen molar-refractivity contribution in [1.82, 2.24) is 10.6 Å². The summed E-state index contributed by atoms with van der Waals surface area (Å²) in [5.41, 5.74) is 4.76. The highest BCUT2D eigenvalue weighted by atomic mass is 16.5. The van der Waals surface area contributed by atoms with Crippen LogP contribution < -0.4 is 10.6 Å². The summed E-state index contributed by atoms with van der Waals surface area (Å²) in [6.45, 7) is 2.54. The molecular formula is C27H32N2O5. The predicted molar refractivity (Wildman–Crippen MR) is 128 cm³/mol. The van der Waals surface area contributed by atoms with Gasteiger partial charge in [-0.05, 0) is 60.3 Å². The molecule has 4 rings (SSSR count). The number of carboxylic acid groups (broad SMARTS) is 1. The monoisotopic (exact) mass is 464 g/mol. The van der Waals surface area contributed by atoms with Crippen molar-refractivity contribution in [3.63, 3.8) is 0 Å². The molecule has 2 aliphatic carbocycles. The zero-order valence-electron chi connectivity index (χ0n) is 19.5. The third-order valence-electron chi connectivity index (χ3n) is 7.12. The van der Waals surface area contributed by atoms with Crippen molar-refractivity contribution in [2.45, 2.75) is 51.0 Å². The quantitative estimate of drug-likeness (QED) is 0.540. The van der Waals surface area contributed by atoms with Crippen molar-refractivity contribution in [1.29, 1.82) is 0 Å². The largest absolute Gasteiger partial charge is 0.480 e. The predicted octanol–water partition coefficient (Wildman–Crippen LogP) is 4.31. The Morgan fingerprint density at radius 2 is 1.56 bits per heavy atom. The number of ether oxygens (including phenoxy) is 1. The second-order valence-electron chi connectivity index (χ2n) is 9.23. The molecule has 2 amide bonds. The average molecular weight is 465 g/mol. The van der Waals surface area contributed by atoms with Crippen molar-refractivity contribution in [3.05, 3.63) is 59.7 Å². The molecule has 0 unspecified atom stereocenters. The number of rotatable bonds is 8. The summed E-state index contributed by atoms with van der Waals surface area (Å²) in [5.74, 6) is -1.04. The lowest BCUT2D eigenvalue weighted by molar-refractivity contribution is -0.142. The number of hydrogen-bond donors (Lipinski definition) is 3. The lowest BCUT2D eigenvalue weighted by atomic mass is 9.81. The molecular weight excluding hydrogens is 432 g/mol. The highest BCUT2D eigenvalue weighted by Gasteiger charge is 2.30. The second-order valence-corrected chi connectivity index (χ2v) is 9.23. The number of amides is 2. The molecule has 0 spiro atoms. The molecule has 0 aliphatic heterocycles. The van der Waals surface area contributed by atoms with Crippen molar-refractivity contribution in [3.8, 4) is 11.1 Å². The van der Waals surface area contributed by atoms with E-state index in [9.17, 15) is 14.4 Å². The summed E-state index contributed by atoms with van der Waals surface area (Å²) in [6, 6.07) is 15.6. The third kappa shape index (κ3) is 5.24. The van der Waals surface area contributed by atoms with Gasteiger partial charge in [-0.25, -0.2) is 9.59 Å². The van der Waals surface area contributed by atoms with E-state index in [4.69, 9.17) is 9.84 Å². The molecule has 1 saturated carbocycles. The molecule has 34 heavy (non-hydrogen) atoms. The van der Waals surface area contributed by atoms with Crippen LogP contribution in [0.1, 0.15) is 56.1 Å². The molecule has 180 valence electrons. The SMILES string of the molecule is CC[C@@H](NC(=O)C1CCC(CNC(=O)OCC2c3ccccc3-c3ccccc32)CC1)C(=O)O. The van der Waals surface area contributed by atoms with Gasteiger partial charge < -0.3 is 20.5 Å². The zero-order valence-corrected chi connectivity index (χ0v) is 19.5. The number of carboxylic acids is 1. The molecule has 2 aromatic rings. The number of carbonyl (C=O) groups is 3. The maximum absolute atomic E-state index is 12.4. The molecule has 1 atom stereocenters. The van der Waals surface area contributed by atoms with E-state index in [-0.39, 0.29) is 30.3 Å². The Balaban J connectivity index is 1.22. The van der Waals surface area contributed by atoms with Gasteiger partial charge in [0.15, 0.2) is 0 Å². The van der Waals surface area contributed by atoms with Gasteiger partial charge in [0, 0.05) is 18.4 Å². The van der Waals surface area contributed by atoms with Gasteiger partial charge >= 0.3 is 12.1 Å². The minimum Gasteiger partial charge on any atom is -0.480 e. The molecule has 3 N–H and O–H groups in total. The van der Waals surface area contributed by atoms with Gasteiger partial charge in [-0.1, -0.05) is 55.5 Å². The van der Waals surface area contributed by atoms with Gasteiger partial charge in [-0.15, -0.1) is 0 Å². The summed E-state index contributed by atoms with van der Waals surface area (Å²) in [5, 5.41) is 14.6. The fourth-order valence-corrected chi connectivity index (χ4v) is 5.13. The number of hydrogen-bond acceptors (Lipinski definition) is 4. The van der Waals surface area contributed by atoms with Crippen LogP contribution in [0.15, 0.2) is 48.5 Å². The summed E-state index contributed by atoms with van der Waals surface area (Å²) >= 11 is 0. The number of benzene rings is 2. The first kappa shape index (κ1) is 23.8. The standard InChI is InChI=1S/C27H32N2O5/c1-2-24(26(31)32)29-25(30)18-13-11-17(12-14-18)15-28-27(33)34-16-23-21-9-5-3-7-19(21)20-8-4-6-10-22(20)23/h3-10,17-18,23-24H,2,11-16H2,1H3,(H,28,33)(H,29,30)(H,31,32)/t17?,18?,24-/m1/s1. The number of carbonyl (C=O) groups excluding carboxylic acids is 2. The highest BCUT2D eigenvalue weighted by Crippen LogP contribution is 2.44. The number of fused-ring (bicyclic) bond motifs is 3. The van der Waals surface area contributed by atoms with E-state index in [0.29, 0.717) is 25.8 Å². The molecule has 7 nitrogen and oxygen atoms in total. The normalized spacial score (nSPS) is 20.0. The minimum atomic E-state index is -1.00. The maximum atomic E-state index is 12.4. The first-order valence-electron chi connectivity index (χ1n) is 12.1. The van der Waals surface area contributed by atoms with Crippen molar-refractivity contribution < 1.29 is 24.2 Å². The molecule has 0 heterocycles. The second kappa shape index (κ2) is 10.7. The summed E-state index contributed by atoms with van der Waals surface area (Å²) in [4.78, 5) is 35.9. The number of alkyl carbamates (subject to hydrolysis) is 1. The molecule has 0 bridgehead atoms. The van der Waals surface area contributed by atoms with Crippen molar-refractivity contribution >= 4 is 18.0 Å². The topological polar surface area (TPSA) is 105 Å². The van der Waals surface area contributed by atoms with E-state index in [1.165, 1.54) is 22.3 Å². The molecule has 7 heteroatoms. The Kier molecular flexibility index (Phi) is 7.50. The Morgan fingerprint density at radius 3 is 2.12 bits per heavy atom. The number of nitrogens with one attached hydrogen (secondary N) is 2. The molecule has 2 aliphatic rings. The smallest absolute Gasteiger partial charge is 0.407 e. The van der Waals surface area contributed by atoms with Crippen molar-refractivity contribution in [2.75, 3.05) is 13.2 Å². The van der Waals surface area contributed by atoms with Crippen LogP contribution in [0, 0.1) is 11.8 Å². The van der Waals surface area contributed by atoms with Crippen LogP contribution in [-0.4, -0.2) is 42.3 Å². The van der Waals surface area contributed by atoms with Gasteiger partial charge in [0.1, 0.15) is 12.6 Å². The Labute approximate surface area is 199 Å². The van der Waals surface area contributed by atoms with Gasteiger partial charge in [0.2, 0.25) is 5.91 Å². The van der Waals surface area contributed by atoms with Gasteiger partial charge in [0.05, 0.1) is 0 Å². The van der Waals surface area contributed by atoms with Gasteiger partial charge in [0.25, 0.3) is 0 Å². The lowest BCUT2D eigenvalue weighted by Gasteiger charge is -2.28. The molecule has 1 fully saturated rings. The molecule has 2 aromatic carbocycles. The van der Waals surface area contributed by atoms with Crippen LogP contribution in [0.25, 0.3) is 11.1 Å². The van der Waals surface area contributed by atoms with Crippen LogP contribution in [0.4, 0.5) is 4.79 Å². The van der Waals surface area contributed by atoms with E-state index < -0.39 is 18.1 Å².